The Hall–Kier alpha value is -2.28. The van der Waals surface area contributed by atoms with E-state index in [2.05, 4.69) is 20.7 Å². The molecular formula is C16H18N4O2S. The summed E-state index contributed by atoms with van der Waals surface area (Å²) in [6.07, 6.45) is 0.145. The van der Waals surface area contributed by atoms with Crippen molar-refractivity contribution in [3.63, 3.8) is 0 Å². The highest BCUT2D eigenvalue weighted by Gasteiger charge is 2.15. The summed E-state index contributed by atoms with van der Waals surface area (Å²) in [5, 5.41) is 17.1. The molecule has 0 radical (unpaired) electrons. The first-order chi connectivity index (χ1) is 10.9. The molecule has 0 unspecified atom stereocenters. The minimum atomic E-state index is -0.176. The minimum absolute atomic E-state index is 0.145. The molecular weight excluding hydrogens is 312 g/mol. The number of anilines is 1. The third-order valence-corrected chi connectivity index (χ3v) is 4.81. The number of benzene rings is 1. The molecule has 7 heteroatoms. The van der Waals surface area contributed by atoms with Gasteiger partial charge < -0.3 is 9.84 Å². The average Bonchev–Trinajstić information content (AvgIpc) is 3.08. The van der Waals surface area contributed by atoms with E-state index in [1.54, 1.807) is 0 Å². The van der Waals surface area contributed by atoms with Crippen molar-refractivity contribution in [2.45, 2.75) is 40.0 Å². The number of aryl methyl sites for hydroxylation is 2. The standard InChI is InChI=1S/C16H18N4O2S/c1-8(2)15-18-19-16(23-15)17-14(21)7-12-11-5-9(3)10(4)6-13(11)22-20-12/h5-6,8H,7H2,1-4H3,(H,17,19,21). The van der Waals surface area contributed by atoms with Crippen LogP contribution in [0.1, 0.15) is 41.6 Å². The Morgan fingerprint density at radius 2 is 2.00 bits per heavy atom. The molecule has 0 atom stereocenters. The van der Waals surface area contributed by atoms with Gasteiger partial charge in [0.2, 0.25) is 11.0 Å². The van der Waals surface area contributed by atoms with E-state index in [0.717, 1.165) is 21.5 Å². The van der Waals surface area contributed by atoms with Crippen molar-refractivity contribution in [3.8, 4) is 0 Å². The van der Waals surface area contributed by atoms with Crippen molar-refractivity contribution in [3.05, 3.63) is 34.0 Å². The molecule has 1 N–H and O–H groups in total. The van der Waals surface area contributed by atoms with Gasteiger partial charge in [-0.05, 0) is 37.1 Å². The maximum Gasteiger partial charge on any atom is 0.232 e. The van der Waals surface area contributed by atoms with Crippen LogP contribution in [0.3, 0.4) is 0 Å². The summed E-state index contributed by atoms with van der Waals surface area (Å²) in [7, 11) is 0. The zero-order valence-electron chi connectivity index (χ0n) is 13.5. The Morgan fingerprint density at radius 3 is 2.70 bits per heavy atom. The lowest BCUT2D eigenvalue weighted by Gasteiger charge is -2.01. The Bertz CT molecular complexity index is 866. The molecule has 0 aliphatic carbocycles. The number of carbonyl (C=O) groups excluding carboxylic acids is 1. The van der Waals surface area contributed by atoms with Crippen molar-refractivity contribution in [1.29, 1.82) is 0 Å². The maximum absolute atomic E-state index is 12.2. The van der Waals surface area contributed by atoms with Crippen molar-refractivity contribution < 1.29 is 9.32 Å². The Kier molecular flexibility index (Phi) is 4.12. The normalized spacial score (nSPS) is 11.3. The number of aromatic nitrogens is 3. The first kappa shape index (κ1) is 15.6. The molecule has 3 aromatic rings. The van der Waals surface area contributed by atoms with Gasteiger partial charge in [-0.25, -0.2) is 0 Å². The minimum Gasteiger partial charge on any atom is -0.356 e. The van der Waals surface area contributed by atoms with Gasteiger partial charge >= 0.3 is 0 Å². The zero-order chi connectivity index (χ0) is 16.6. The van der Waals surface area contributed by atoms with Gasteiger partial charge in [0.25, 0.3) is 0 Å². The van der Waals surface area contributed by atoms with Crippen LogP contribution in [-0.4, -0.2) is 21.3 Å². The molecule has 120 valence electrons. The maximum atomic E-state index is 12.2. The van der Waals surface area contributed by atoms with Crippen molar-refractivity contribution in [2.75, 3.05) is 5.32 Å². The number of nitrogens with zero attached hydrogens (tertiary/aromatic N) is 3. The fourth-order valence-corrected chi connectivity index (χ4v) is 2.97. The molecule has 6 nitrogen and oxygen atoms in total. The molecule has 0 bridgehead atoms. The van der Waals surface area contributed by atoms with Crippen LogP contribution in [0.2, 0.25) is 0 Å². The second-order valence-electron chi connectivity index (χ2n) is 5.89. The molecule has 0 aliphatic rings. The molecule has 3 rings (SSSR count). The summed E-state index contributed by atoms with van der Waals surface area (Å²) in [5.74, 6) is 0.119. The van der Waals surface area contributed by atoms with Crippen LogP contribution >= 0.6 is 11.3 Å². The third kappa shape index (κ3) is 3.24. The summed E-state index contributed by atoms with van der Waals surface area (Å²) >= 11 is 1.39. The van der Waals surface area contributed by atoms with E-state index >= 15 is 0 Å². The van der Waals surface area contributed by atoms with Gasteiger partial charge in [-0.2, -0.15) is 0 Å². The highest BCUT2D eigenvalue weighted by Crippen LogP contribution is 2.24. The predicted molar refractivity (Wildman–Crippen MR) is 89.8 cm³/mol. The van der Waals surface area contributed by atoms with Gasteiger partial charge in [-0.15, -0.1) is 10.2 Å². The quantitative estimate of drug-likeness (QED) is 0.790. The van der Waals surface area contributed by atoms with E-state index in [9.17, 15) is 4.79 Å². The number of hydrogen-bond acceptors (Lipinski definition) is 6. The highest BCUT2D eigenvalue weighted by molar-refractivity contribution is 7.15. The van der Waals surface area contributed by atoms with Gasteiger partial charge in [0, 0.05) is 11.3 Å². The van der Waals surface area contributed by atoms with E-state index in [1.165, 1.54) is 11.3 Å². The molecule has 0 aliphatic heterocycles. The Labute approximate surface area is 137 Å². The Balaban J connectivity index is 1.76. The lowest BCUT2D eigenvalue weighted by molar-refractivity contribution is -0.115. The van der Waals surface area contributed by atoms with E-state index in [1.807, 2.05) is 39.8 Å². The van der Waals surface area contributed by atoms with Gasteiger partial charge in [0.05, 0.1) is 6.42 Å². The van der Waals surface area contributed by atoms with E-state index < -0.39 is 0 Å². The van der Waals surface area contributed by atoms with Crippen LogP contribution in [0.25, 0.3) is 11.0 Å². The molecule has 0 saturated heterocycles. The molecule has 2 heterocycles. The summed E-state index contributed by atoms with van der Waals surface area (Å²) in [4.78, 5) is 12.2. The van der Waals surface area contributed by atoms with Crippen LogP contribution in [0, 0.1) is 13.8 Å². The molecule has 0 saturated carbocycles. The summed E-state index contributed by atoms with van der Waals surface area (Å²) in [5.41, 5.74) is 3.62. The number of carbonyl (C=O) groups is 1. The fraction of sp³-hybridized carbons (Fsp3) is 0.375. The van der Waals surface area contributed by atoms with E-state index in [-0.39, 0.29) is 12.3 Å². The smallest absolute Gasteiger partial charge is 0.232 e. The van der Waals surface area contributed by atoms with Crippen LogP contribution in [0.4, 0.5) is 5.13 Å². The van der Waals surface area contributed by atoms with Crippen LogP contribution < -0.4 is 5.32 Å². The zero-order valence-corrected chi connectivity index (χ0v) is 14.3. The largest absolute Gasteiger partial charge is 0.356 e. The van der Waals surface area contributed by atoms with E-state index in [0.29, 0.717) is 22.3 Å². The second-order valence-corrected chi connectivity index (χ2v) is 6.90. The topological polar surface area (TPSA) is 80.9 Å². The van der Waals surface area contributed by atoms with Crippen molar-refractivity contribution in [2.24, 2.45) is 0 Å². The first-order valence-corrected chi connectivity index (χ1v) is 8.24. The average molecular weight is 330 g/mol. The molecule has 1 amide bonds. The van der Waals surface area contributed by atoms with Crippen LogP contribution in [0.5, 0.6) is 0 Å². The van der Waals surface area contributed by atoms with Gasteiger partial charge in [-0.1, -0.05) is 30.3 Å². The molecule has 23 heavy (non-hydrogen) atoms. The highest BCUT2D eigenvalue weighted by atomic mass is 32.1. The monoisotopic (exact) mass is 330 g/mol. The summed E-state index contributed by atoms with van der Waals surface area (Å²) in [6.45, 7) is 8.13. The number of amides is 1. The first-order valence-electron chi connectivity index (χ1n) is 7.43. The SMILES string of the molecule is Cc1cc2onc(CC(=O)Nc3nnc(C(C)C)s3)c2cc1C. The molecule has 1 aromatic carbocycles. The van der Waals surface area contributed by atoms with Gasteiger partial charge in [-0.3, -0.25) is 4.79 Å². The van der Waals surface area contributed by atoms with Gasteiger partial charge in [0.1, 0.15) is 10.7 Å². The number of nitrogens with one attached hydrogen (secondary N) is 1. The summed E-state index contributed by atoms with van der Waals surface area (Å²) in [6, 6.07) is 3.95. The second kappa shape index (κ2) is 6.08. The summed E-state index contributed by atoms with van der Waals surface area (Å²) < 4.78 is 5.32. The van der Waals surface area contributed by atoms with E-state index in [4.69, 9.17) is 4.52 Å². The van der Waals surface area contributed by atoms with Crippen molar-refractivity contribution in [1.82, 2.24) is 15.4 Å². The van der Waals surface area contributed by atoms with Crippen LogP contribution in [-0.2, 0) is 11.2 Å². The molecule has 2 aromatic heterocycles. The molecule has 0 fully saturated rings. The molecule has 0 spiro atoms. The van der Waals surface area contributed by atoms with Gasteiger partial charge in [0.15, 0.2) is 5.58 Å². The number of rotatable bonds is 4. The number of hydrogen-bond donors (Lipinski definition) is 1. The lowest BCUT2D eigenvalue weighted by Crippen LogP contribution is -2.14. The lowest BCUT2D eigenvalue weighted by atomic mass is 10.1. The third-order valence-electron chi connectivity index (χ3n) is 3.67. The number of fused-ring (bicyclic) bond motifs is 1. The van der Waals surface area contributed by atoms with Crippen molar-refractivity contribution >= 4 is 33.3 Å². The fourth-order valence-electron chi connectivity index (χ4n) is 2.21. The predicted octanol–water partition coefficient (Wildman–Crippen LogP) is 3.60. The Morgan fingerprint density at radius 1 is 1.26 bits per heavy atom. The van der Waals surface area contributed by atoms with Crippen LogP contribution in [0.15, 0.2) is 16.7 Å².